The summed E-state index contributed by atoms with van der Waals surface area (Å²) in [6, 6.07) is 9.54. The molecule has 1 saturated carbocycles. The van der Waals surface area contributed by atoms with Crippen molar-refractivity contribution in [2.24, 2.45) is 5.92 Å². The summed E-state index contributed by atoms with van der Waals surface area (Å²) in [6.07, 6.45) is 8.21. The summed E-state index contributed by atoms with van der Waals surface area (Å²) < 4.78 is 32.3. The molecule has 0 unspecified atom stereocenters. The van der Waals surface area contributed by atoms with Gasteiger partial charge in [0.2, 0.25) is 5.91 Å². The summed E-state index contributed by atoms with van der Waals surface area (Å²) >= 11 is 0. The van der Waals surface area contributed by atoms with Gasteiger partial charge in [-0.1, -0.05) is 38.2 Å². The minimum Gasteiger partial charge on any atom is -0.497 e. The lowest BCUT2D eigenvalue weighted by atomic mass is 9.85. The summed E-state index contributed by atoms with van der Waals surface area (Å²) in [5.74, 6) is -0.393. The fourth-order valence-corrected chi connectivity index (χ4v) is 5.20. The molecule has 0 bridgehead atoms. The van der Waals surface area contributed by atoms with Crippen molar-refractivity contribution >= 4 is 11.7 Å². The predicted octanol–water partition coefficient (Wildman–Crippen LogP) is 5.83. The molecular weight excluding hydrogens is 448 g/mol. The van der Waals surface area contributed by atoms with Crippen LogP contribution in [0.5, 0.6) is 5.75 Å². The van der Waals surface area contributed by atoms with Gasteiger partial charge in [0, 0.05) is 5.56 Å². The number of amides is 1. The molecule has 0 spiro atoms. The molecule has 5 rings (SSSR count). The number of carbonyl (C=O) groups is 1. The number of fused-ring (bicyclic) bond motifs is 3. The molecule has 1 N–H and O–H groups in total. The highest BCUT2D eigenvalue weighted by molar-refractivity contribution is 5.92. The van der Waals surface area contributed by atoms with E-state index in [2.05, 4.69) is 11.4 Å². The Hall–Kier alpha value is -3.35. The summed E-state index contributed by atoms with van der Waals surface area (Å²) in [5.41, 5.74) is 5.17. The van der Waals surface area contributed by atoms with E-state index in [-0.39, 0.29) is 12.3 Å². The number of benzene rings is 2. The first-order chi connectivity index (χ1) is 17.0. The lowest BCUT2D eigenvalue weighted by Gasteiger charge is -2.25. The number of carbonyl (C=O) groups excluding carboxylic acids is 1. The zero-order valence-electron chi connectivity index (χ0n) is 19.9. The molecule has 3 aromatic rings. The van der Waals surface area contributed by atoms with Gasteiger partial charge in [0.25, 0.3) is 0 Å². The van der Waals surface area contributed by atoms with Gasteiger partial charge in [-0.25, -0.2) is 18.7 Å². The zero-order chi connectivity index (χ0) is 24.4. The fourth-order valence-electron chi connectivity index (χ4n) is 5.20. The van der Waals surface area contributed by atoms with E-state index in [4.69, 9.17) is 14.7 Å². The number of rotatable bonds is 6. The Morgan fingerprint density at radius 3 is 2.63 bits per heavy atom. The van der Waals surface area contributed by atoms with Crippen LogP contribution in [0.3, 0.4) is 0 Å². The molecule has 0 radical (unpaired) electrons. The Kier molecular flexibility index (Phi) is 6.75. The molecular formula is C28H29F2N3O2. The van der Waals surface area contributed by atoms with Gasteiger partial charge in [0.05, 0.1) is 30.6 Å². The molecule has 2 aliphatic carbocycles. The van der Waals surface area contributed by atoms with Crippen LogP contribution >= 0.6 is 0 Å². The van der Waals surface area contributed by atoms with Crippen molar-refractivity contribution in [3.63, 3.8) is 0 Å². The van der Waals surface area contributed by atoms with Gasteiger partial charge in [-0.05, 0) is 66.6 Å². The average Bonchev–Trinajstić information content (AvgIpc) is 2.87. The SMILES string of the molecule is COc1ccc2c(c1)CCc1nc(NC(=O)Cc3ccc(F)c(F)c3)c(CC3CCCCC3)nc1-2. The van der Waals surface area contributed by atoms with Crippen molar-refractivity contribution in [1.29, 1.82) is 0 Å². The highest BCUT2D eigenvalue weighted by atomic mass is 19.2. The van der Waals surface area contributed by atoms with Gasteiger partial charge >= 0.3 is 0 Å². The quantitative estimate of drug-likeness (QED) is 0.485. The van der Waals surface area contributed by atoms with Crippen LogP contribution in [0.15, 0.2) is 36.4 Å². The van der Waals surface area contributed by atoms with E-state index >= 15 is 0 Å². The standard InChI is InChI=1S/C28H29F2N3O2/c1-35-20-9-10-21-19(16-20)8-12-24-27(21)31-25(14-17-5-3-2-4-6-17)28(32-24)33-26(34)15-18-7-11-22(29)23(30)13-18/h7,9-11,13,16-17H,2-6,8,12,14-15H2,1H3,(H,32,33,34). The Bertz CT molecular complexity index is 1260. The number of anilines is 1. The summed E-state index contributed by atoms with van der Waals surface area (Å²) in [7, 11) is 1.66. The molecule has 7 heteroatoms. The van der Waals surface area contributed by atoms with Crippen molar-refractivity contribution in [1.82, 2.24) is 9.97 Å². The molecule has 5 nitrogen and oxygen atoms in total. The molecule has 2 aliphatic rings. The number of aryl methyl sites for hydroxylation is 2. The van der Waals surface area contributed by atoms with Gasteiger partial charge in [0.1, 0.15) is 5.75 Å². The topological polar surface area (TPSA) is 64.1 Å². The van der Waals surface area contributed by atoms with Gasteiger partial charge in [0.15, 0.2) is 17.5 Å². The smallest absolute Gasteiger partial charge is 0.229 e. The van der Waals surface area contributed by atoms with Crippen LogP contribution in [0.2, 0.25) is 0 Å². The van der Waals surface area contributed by atoms with E-state index in [0.29, 0.717) is 17.3 Å². The lowest BCUT2D eigenvalue weighted by Crippen LogP contribution is -2.21. The third kappa shape index (κ3) is 5.19. The molecule has 1 amide bonds. The molecule has 0 aliphatic heterocycles. The predicted molar refractivity (Wildman–Crippen MR) is 130 cm³/mol. The van der Waals surface area contributed by atoms with Crippen molar-refractivity contribution in [3.8, 4) is 17.0 Å². The highest BCUT2D eigenvalue weighted by Crippen LogP contribution is 2.36. The molecule has 2 aromatic carbocycles. The second-order valence-electron chi connectivity index (χ2n) is 9.52. The maximum atomic E-state index is 13.6. The minimum atomic E-state index is -0.961. The minimum absolute atomic E-state index is 0.0680. The van der Waals surface area contributed by atoms with Gasteiger partial charge in [-0.2, -0.15) is 0 Å². The monoisotopic (exact) mass is 477 g/mol. The van der Waals surface area contributed by atoms with Crippen LogP contribution in [-0.4, -0.2) is 23.0 Å². The number of hydrogen-bond acceptors (Lipinski definition) is 4. The summed E-state index contributed by atoms with van der Waals surface area (Å²) in [6.45, 7) is 0. The van der Waals surface area contributed by atoms with Crippen molar-refractivity contribution in [3.05, 3.63) is 70.5 Å². The van der Waals surface area contributed by atoms with Crippen molar-refractivity contribution in [2.45, 2.75) is 57.8 Å². The maximum absolute atomic E-state index is 13.6. The van der Waals surface area contributed by atoms with E-state index in [1.807, 2.05) is 12.1 Å². The van der Waals surface area contributed by atoms with Crippen LogP contribution in [0.25, 0.3) is 11.3 Å². The summed E-state index contributed by atoms with van der Waals surface area (Å²) in [4.78, 5) is 22.8. The number of nitrogens with one attached hydrogen (secondary N) is 1. The first-order valence-electron chi connectivity index (χ1n) is 12.3. The molecule has 1 fully saturated rings. The number of nitrogens with zero attached hydrogens (tertiary/aromatic N) is 2. The molecule has 35 heavy (non-hydrogen) atoms. The van der Waals surface area contributed by atoms with Gasteiger partial charge < -0.3 is 10.1 Å². The molecule has 0 atom stereocenters. The Labute approximate surface area is 204 Å². The first kappa shape index (κ1) is 23.4. The highest BCUT2D eigenvalue weighted by Gasteiger charge is 2.25. The van der Waals surface area contributed by atoms with Crippen molar-refractivity contribution < 1.29 is 18.3 Å². The van der Waals surface area contributed by atoms with E-state index < -0.39 is 11.6 Å². The fraction of sp³-hybridized carbons (Fsp3) is 0.393. The molecule has 182 valence electrons. The van der Waals surface area contributed by atoms with Crippen LogP contribution in [0.4, 0.5) is 14.6 Å². The number of hydrogen-bond donors (Lipinski definition) is 1. The zero-order valence-corrected chi connectivity index (χ0v) is 19.9. The number of ether oxygens (including phenoxy) is 1. The van der Waals surface area contributed by atoms with Crippen LogP contribution < -0.4 is 10.1 Å². The third-order valence-corrected chi connectivity index (χ3v) is 7.05. The molecule has 1 aromatic heterocycles. The Morgan fingerprint density at radius 1 is 1.03 bits per heavy atom. The largest absolute Gasteiger partial charge is 0.497 e. The first-order valence-corrected chi connectivity index (χ1v) is 12.3. The number of halogens is 2. The van der Waals surface area contributed by atoms with Crippen LogP contribution in [0, 0.1) is 17.6 Å². The van der Waals surface area contributed by atoms with E-state index in [1.54, 1.807) is 7.11 Å². The normalized spacial score (nSPS) is 15.3. The third-order valence-electron chi connectivity index (χ3n) is 7.05. The maximum Gasteiger partial charge on any atom is 0.229 e. The van der Waals surface area contributed by atoms with Gasteiger partial charge in [-0.15, -0.1) is 0 Å². The van der Waals surface area contributed by atoms with Crippen molar-refractivity contribution in [2.75, 3.05) is 12.4 Å². The van der Waals surface area contributed by atoms with E-state index in [0.717, 1.165) is 72.6 Å². The van der Waals surface area contributed by atoms with Crippen LogP contribution in [0.1, 0.15) is 54.6 Å². The van der Waals surface area contributed by atoms with E-state index in [9.17, 15) is 13.6 Å². The second kappa shape index (κ2) is 10.1. The average molecular weight is 478 g/mol. The Morgan fingerprint density at radius 2 is 1.86 bits per heavy atom. The molecule has 1 heterocycles. The van der Waals surface area contributed by atoms with Crippen LogP contribution in [-0.2, 0) is 30.5 Å². The Balaban J connectivity index is 1.45. The molecule has 0 saturated heterocycles. The number of methoxy groups -OCH3 is 1. The van der Waals surface area contributed by atoms with E-state index in [1.165, 1.54) is 30.9 Å². The second-order valence-corrected chi connectivity index (χ2v) is 9.52. The lowest BCUT2D eigenvalue weighted by molar-refractivity contribution is -0.115. The summed E-state index contributed by atoms with van der Waals surface area (Å²) in [5, 5.41) is 2.93. The van der Waals surface area contributed by atoms with Gasteiger partial charge in [-0.3, -0.25) is 4.79 Å². The number of aromatic nitrogens is 2.